The van der Waals surface area contributed by atoms with Gasteiger partial charge in [0.25, 0.3) is 0 Å². The molecule has 9 nitrogen and oxygen atoms in total. The molecular weight excluding hydrogens is 668 g/mol. The Bertz CT molecular complexity index is 1280. The predicted molar refractivity (Wildman–Crippen MR) is 133 cm³/mol. The van der Waals surface area contributed by atoms with Gasteiger partial charge in [0.2, 0.25) is 0 Å². The van der Waals surface area contributed by atoms with Crippen LogP contribution in [0.25, 0.3) is 17.5 Å². The zero-order valence-corrected chi connectivity index (χ0v) is 23.8. The average molecular weight is 691 g/mol. The zero-order chi connectivity index (χ0) is 29.8. The van der Waals surface area contributed by atoms with Crippen LogP contribution in [0.4, 0.5) is 25.2 Å². The van der Waals surface area contributed by atoms with Gasteiger partial charge in [0.15, 0.2) is 0 Å². The Morgan fingerprint density at radius 1 is 0.610 bits per heavy atom. The van der Waals surface area contributed by atoms with Crippen molar-refractivity contribution in [2.24, 2.45) is 0 Å². The second kappa shape index (κ2) is 15.8. The third-order valence-electron chi connectivity index (χ3n) is 3.87. The van der Waals surface area contributed by atoms with Gasteiger partial charge in [-0.05, 0) is 73.5 Å². The number of aryl methyl sites for hydroxylation is 2. The second-order valence-electron chi connectivity index (χ2n) is 7.40. The van der Waals surface area contributed by atoms with Gasteiger partial charge < -0.3 is 26.0 Å². The fourth-order valence-electron chi connectivity index (χ4n) is 2.23. The van der Waals surface area contributed by atoms with E-state index < -0.39 is 19.7 Å². The number of carbonyl (C=O) groups is 2. The summed E-state index contributed by atoms with van der Waals surface area (Å²) in [5.41, 5.74) is 2.53. The minimum absolute atomic E-state index is 0. The maximum Gasteiger partial charge on any atom is 4.00 e. The minimum Gasteiger partial charge on any atom is -0.693 e. The predicted octanol–water partition coefficient (Wildman–Crippen LogP) is 5.75. The van der Waals surface area contributed by atoms with Gasteiger partial charge in [-0.15, -0.1) is 0 Å². The Morgan fingerprint density at radius 2 is 0.878 bits per heavy atom. The summed E-state index contributed by atoms with van der Waals surface area (Å²) < 4.78 is 59.2. The van der Waals surface area contributed by atoms with Crippen molar-refractivity contribution in [1.29, 1.82) is 0 Å². The summed E-state index contributed by atoms with van der Waals surface area (Å²) >= 11 is 0. The summed E-state index contributed by atoms with van der Waals surface area (Å²) in [7, 11) is -10.7. The number of rotatable bonds is 3. The molecule has 0 spiro atoms. The number of pyridine rings is 4. The molecule has 0 fully saturated rings. The minimum atomic E-state index is -10.7. The number of carboxylic acid groups (broad SMARTS) is 2. The normalized spacial score (nSPS) is 11.3. The maximum absolute atomic E-state index is 10.7. The molecule has 17 heteroatoms. The number of nitrogens with zero attached hydrogens (tertiary/aromatic N) is 4. The number of hydrogen-bond donors (Lipinski definition) is 0. The van der Waals surface area contributed by atoms with E-state index in [0.717, 1.165) is 0 Å². The van der Waals surface area contributed by atoms with E-state index in [9.17, 15) is 45.0 Å². The van der Waals surface area contributed by atoms with E-state index in [-0.39, 0.29) is 48.4 Å². The molecule has 2 N–H and O–H groups in total. The molecule has 0 aliphatic heterocycles. The first kappa shape index (κ1) is 39.3. The van der Waals surface area contributed by atoms with Crippen LogP contribution in [0.15, 0.2) is 85.5 Å². The Hall–Kier alpha value is -3.87. The molecule has 0 saturated carbocycles. The van der Waals surface area contributed by atoms with Crippen molar-refractivity contribution in [3.05, 3.63) is 114 Å². The molecule has 4 aromatic rings. The molecule has 0 radical (unpaired) electrons. The van der Waals surface area contributed by atoms with Crippen molar-refractivity contribution in [2.75, 3.05) is 0 Å². The zero-order valence-electron chi connectivity index (χ0n) is 21.2. The summed E-state index contributed by atoms with van der Waals surface area (Å²) in [4.78, 5) is 36.6. The summed E-state index contributed by atoms with van der Waals surface area (Å²) in [5.74, 6) is -2.82. The Kier molecular flexibility index (Phi) is 15.1. The largest absolute Gasteiger partial charge is 4.00 e. The number of hydrogen-bond acceptors (Lipinski definition) is 8. The van der Waals surface area contributed by atoms with Gasteiger partial charge in [-0.1, -0.05) is 12.1 Å². The van der Waals surface area contributed by atoms with Crippen LogP contribution in [0.2, 0.25) is 0 Å². The van der Waals surface area contributed by atoms with Gasteiger partial charge in [-0.2, -0.15) is 0 Å². The van der Waals surface area contributed by atoms with Crippen molar-refractivity contribution in [3.8, 4) is 11.4 Å². The first-order chi connectivity index (χ1) is 17.8. The van der Waals surface area contributed by atoms with Crippen LogP contribution in [0, 0.1) is 13.8 Å². The summed E-state index contributed by atoms with van der Waals surface area (Å²) in [5, 5.41) is 21.3. The van der Waals surface area contributed by atoms with Crippen LogP contribution >= 0.6 is 7.81 Å². The molecule has 4 aromatic heterocycles. The van der Waals surface area contributed by atoms with Gasteiger partial charge in [-0.3, -0.25) is 9.97 Å². The quantitative estimate of drug-likeness (QED) is 0.149. The van der Waals surface area contributed by atoms with Crippen molar-refractivity contribution < 1.29 is 64.5 Å². The summed E-state index contributed by atoms with van der Waals surface area (Å²) in [6, 6.07) is 16.4. The van der Waals surface area contributed by atoms with Crippen LogP contribution in [0.3, 0.4) is 0 Å². The maximum atomic E-state index is 10.7. The molecule has 4 heterocycles. The van der Waals surface area contributed by atoms with E-state index in [1.165, 1.54) is 47.5 Å². The fourth-order valence-corrected chi connectivity index (χ4v) is 2.23. The van der Waals surface area contributed by atoms with Crippen LogP contribution in [-0.2, 0) is 19.5 Å². The number of aromatic nitrogens is 4. The standard InChI is InChI=1S/C12H8N2O4.2C6H7N.F6P.H2N.Ru/c15-11(16)9-5-1-3-7(13-9)8-4-2-6-10(14-8)12(17)18;2*1-6-2-4-7-5-3-6;1-7(2,3,4,5)6;;/h1-6H,(H,15,16)(H,17,18);2*2-5H,1H3;;1H2;/q;;;2*-1;+4/p-2. The van der Waals surface area contributed by atoms with Crippen LogP contribution in [-0.4, -0.2) is 31.9 Å². The molecule has 0 unspecified atom stereocenters. The molecule has 0 saturated heterocycles. The van der Waals surface area contributed by atoms with Crippen LogP contribution < -0.4 is 10.2 Å². The first-order valence-corrected chi connectivity index (χ1v) is 12.5. The van der Waals surface area contributed by atoms with E-state index in [0.29, 0.717) is 0 Å². The molecule has 4 rings (SSSR count). The van der Waals surface area contributed by atoms with Crippen molar-refractivity contribution in [2.45, 2.75) is 13.8 Å². The van der Waals surface area contributed by atoms with E-state index in [4.69, 9.17) is 0 Å². The molecule has 0 amide bonds. The SMILES string of the molecule is Cc1ccncc1.Cc1ccncc1.F[P-](F)(F)(F)(F)F.O=C([O-])c1cccc(-c2cccc(C(=O)[O-])n2)n1.[NH2-].[Ru+4]. The number of carboxylic acids is 2. The Balaban J connectivity index is 0. The van der Waals surface area contributed by atoms with Crippen molar-refractivity contribution in [3.63, 3.8) is 0 Å². The van der Waals surface area contributed by atoms with Gasteiger partial charge in [0.05, 0.1) is 34.7 Å². The van der Waals surface area contributed by atoms with Gasteiger partial charge in [-0.25, -0.2) is 9.97 Å². The molecule has 0 atom stereocenters. The van der Waals surface area contributed by atoms with E-state index in [1.54, 1.807) is 24.8 Å². The third kappa shape index (κ3) is 21.6. The van der Waals surface area contributed by atoms with E-state index in [2.05, 4.69) is 19.9 Å². The second-order valence-corrected chi connectivity index (χ2v) is 9.32. The number of halogens is 6. The van der Waals surface area contributed by atoms with E-state index >= 15 is 0 Å². The molecule has 0 aliphatic carbocycles. The monoisotopic (exact) mass is 691 g/mol. The number of carbonyl (C=O) groups excluding carboxylic acids is 2. The van der Waals surface area contributed by atoms with Crippen molar-refractivity contribution in [1.82, 2.24) is 19.9 Å². The summed E-state index contributed by atoms with van der Waals surface area (Å²) in [6.07, 6.45) is 7.15. The van der Waals surface area contributed by atoms with Gasteiger partial charge in [0.1, 0.15) is 0 Å². The van der Waals surface area contributed by atoms with Gasteiger partial charge in [0, 0.05) is 24.8 Å². The van der Waals surface area contributed by atoms with Gasteiger partial charge >= 0.3 is 52.5 Å². The van der Waals surface area contributed by atoms with Crippen molar-refractivity contribution >= 4 is 19.7 Å². The number of aromatic carboxylic acids is 2. The Morgan fingerprint density at radius 3 is 1.07 bits per heavy atom. The third-order valence-corrected chi connectivity index (χ3v) is 3.87. The average Bonchev–Trinajstić information content (AvgIpc) is 2.84. The van der Waals surface area contributed by atoms with Crippen LogP contribution in [0.5, 0.6) is 0 Å². The topological polar surface area (TPSA) is 165 Å². The number of nitrogens with two attached hydrogens (primary N) is 1. The van der Waals surface area contributed by atoms with E-state index in [1.807, 2.05) is 38.1 Å². The first-order valence-electron chi connectivity index (χ1n) is 10.5. The molecule has 41 heavy (non-hydrogen) atoms. The molecule has 0 aliphatic rings. The molecule has 222 valence electrons. The molecule has 0 bridgehead atoms. The Labute approximate surface area is 243 Å². The van der Waals surface area contributed by atoms with Crippen LogP contribution in [0.1, 0.15) is 32.1 Å². The summed E-state index contributed by atoms with van der Waals surface area (Å²) in [6.45, 7) is 4.09. The fraction of sp³-hybridized carbons (Fsp3) is 0.0833. The molecule has 0 aromatic carbocycles. The molecular formula is C24H22F6N5O4PRu. The smallest absolute Gasteiger partial charge is 0.693 e.